The normalized spacial score (nSPS) is 10.3. The number of ether oxygens (including phenoxy) is 2. The van der Waals surface area contributed by atoms with Gasteiger partial charge in [0.05, 0.1) is 7.11 Å². The molecule has 0 bridgehead atoms. The van der Waals surface area contributed by atoms with Crippen LogP contribution in [0.2, 0.25) is 0 Å². The van der Waals surface area contributed by atoms with Crippen molar-refractivity contribution in [2.24, 2.45) is 0 Å². The number of rotatable bonds is 5. The van der Waals surface area contributed by atoms with Crippen LogP contribution in [0.3, 0.4) is 0 Å². The van der Waals surface area contributed by atoms with E-state index in [1.54, 1.807) is 18.2 Å². The van der Waals surface area contributed by atoms with Crippen molar-refractivity contribution in [1.82, 2.24) is 0 Å². The van der Waals surface area contributed by atoms with Crippen LogP contribution in [0.15, 0.2) is 34.8 Å². The molecular formula is C15H11BrF2O3. The van der Waals surface area contributed by atoms with Crippen LogP contribution in [0.4, 0.5) is 8.78 Å². The Kier molecular flexibility index (Phi) is 4.90. The number of benzene rings is 2. The first-order valence-electron chi connectivity index (χ1n) is 5.94. The summed E-state index contributed by atoms with van der Waals surface area (Å²) >= 11 is 3.07. The van der Waals surface area contributed by atoms with Crippen LogP contribution in [-0.4, -0.2) is 13.4 Å². The van der Waals surface area contributed by atoms with Gasteiger partial charge in [-0.25, -0.2) is 4.39 Å². The number of hydrogen-bond acceptors (Lipinski definition) is 3. The van der Waals surface area contributed by atoms with Crippen LogP contribution < -0.4 is 9.47 Å². The summed E-state index contributed by atoms with van der Waals surface area (Å²) in [5, 5.41) is 0. The molecule has 2 aromatic carbocycles. The molecule has 0 aliphatic carbocycles. The highest BCUT2D eigenvalue weighted by Crippen LogP contribution is 2.27. The number of aldehydes is 1. The molecule has 0 aromatic heterocycles. The van der Waals surface area contributed by atoms with Crippen molar-refractivity contribution in [3.05, 3.63) is 57.6 Å². The highest BCUT2D eigenvalue weighted by molar-refractivity contribution is 9.10. The third-order valence-electron chi connectivity index (χ3n) is 2.78. The van der Waals surface area contributed by atoms with E-state index in [1.807, 2.05) is 0 Å². The molecule has 110 valence electrons. The summed E-state index contributed by atoms with van der Waals surface area (Å²) in [5.74, 6) is -1.80. The van der Waals surface area contributed by atoms with Gasteiger partial charge in [0.25, 0.3) is 0 Å². The lowest BCUT2D eigenvalue weighted by Gasteiger charge is -2.12. The average molecular weight is 357 g/mol. The van der Waals surface area contributed by atoms with E-state index in [9.17, 15) is 13.6 Å². The molecule has 0 fully saturated rings. The molecular weight excluding hydrogens is 346 g/mol. The minimum atomic E-state index is -1.07. The second kappa shape index (κ2) is 6.67. The van der Waals surface area contributed by atoms with E-state index in [4.69, 9.17) is 9.47 Å². The molecule has 0 saturated heterocycles. The fourth-order valence-corrected chi connectivity index (χ4v) is 2.19. The number of carbonyl (C=O) groups is 1. The van der Waals surface area contributed by atoms with Gasteiger partial charge in [-0.05, 0) is 30.3 Å². The largest absolute Gasteiger partial charge is 0.496 e. The molecule has 0 radical (unpaired) electrons. The van der Waals surface area contributed by atoms with Crippen molar-refractivity contribution >= 4 is 22.2 Å². The van der Waals surface area contributed by atoms with Crippen molar-refractivity contribution in [1.29, 1.82) is 0 Å². The minimum absolute atomic E-state index is 0.0579. The molecule has 0 aliphatic heterocycles. The van der Waals surface area contributed by atoms with Gasteiger partial charge in [0.1, 0.15) is 18.6 Å². The van der Waals surface area contributed by atoms with Gasteiger partial charge in [0.2, 0.25) is 5.82 Å². The Bertz CT molecular complexity index is 674. The molecule has 6 heteroatoms. The van der Waals surface area contributed by atoms with Crippen LogP contribution >= 0.6 is 15.9 Å². The first-order chi connectivity index (χ1) is 10.0. The summed E-state index contributed by atoms with van der Waals surface area (Å²) in [5.41, 5.74) is 0.997. The number of carbonyl (C=O) groups excluding carboxylic acids is 1. The zero-order valence-electron chi connectivity index (χ0n) is 11.0. The number of halogens is 3. The van der Waals surface area contributed by atoms with Crippen molar-refractivity contribution in [2.45, 2.75) is 6.61 Å². The van der Waals surface area contributed by atoms with Crippen molar-refractivity contribution < 1.29 is 23.0 Å². The summed E-state index contributed by atoms with van der Waals surface area (Å²) in [4.78, 5) is 10.8. The Balaban J connectivity index is 2.25. The van der Waals surface area contributed by atoms with Crippen LogP contribution in [0, 0.1) is 11.6 Å². The third kappa shape index (κ3) is 3.58. The van der Waals surface area contributed by atoms with Crippen LogP contribution in [-0.2, 0) is 6.61 Å². The number of methoxy groups -OCH3 is 1. The van der Waals surface area contributed by atoms with Gasteiger partial charge in [-0.1, -0.05) is 15.9 Å². The van der Waals surface area contributed by atoms with E-state index in [1.165, 1.54) is 13.2 Å². The SMILES string of the molecule is COc1ccc(C=O)cc1COc1cc(Br)cc(F)c1F. The van der Waals surface area contributed by atoms with E-state index in [-0.39, 0.29) is 12.4 Å². The molecule has 0 atom stereocenters. The second-order valence-corrected chi connectivity index (χ2v) is 5.09. The molecule has 0 amide bonds. The topological polar surface area (TPSA) is 35.5 Å². The van der Waals surface area contributed by atoms with E-state index >= 15 is 0 Å². The van der Waals surface area contributed by atoms with Gasteiger partial charge in [0, 0.05) is 15.6 Å². The van der Waals surface area contributed by atoms with Gasteiger partial charge in [-0.2, -0.15) is 4.39 Å². The molecule has 3 nitrogen and oxygen atoms in total. The minimum Gasteiger partial charge on any atom is -0.496 e. The van der Waals surface area contributed by atoms with E-state index in [0.29, 0.717) is 27.6 Å². The van der Waals surface area contributed by atoms with E-state index < -0.39 is 11.6 Å². The van der Waals surface area contributed by atoms with Gasteiger partial charge in [-0.15, -0.1) is 0 Å². The Morgan fingerprint density at radius 1 is 1.19 bits per heavy atom. The molecule has 21 heavy (non-hydrogen) atoms. The Hall–Kier alpha value is -1.95. The standard InChI is InChI=1S/C15H11BrF2O3/c1-20-13-3-2-9(7-19)4-10(13)8-21-14-6-11(16)5-12(17)15(14)18/h2-7H,8H2,1H3. The van der Waals surface area contributed by atoms with Crippen molar-refractivity contribution in [2.75, 3.05) is 7.11 Å². The summed E-state index contributed by atoms with van der Waals surface area (Å²) in [7, 11) is 1.47. The predicted octanol–water partition coefficient (Wildman–Crippen LogP) is 4.13. The first kappa shape index (κ1) is 15.4. The molecule has 0 heterocycles. The molecule has 0 unspecified atom stereocenters. The highest BCUT2D eigenvalue weighted by Gasteiger charge is 2.13. The van der Waals surface area contributed by atoms with Crippen molar-refractivity contribution in [3.8, 4) is 11.5 Å². The highest BCUT2D eigenvalue weighted by atomic mass is 79.9. The summed E-state index contributed by atoms with van der Waals surface area (Å²) in [6.45, 7) is -0.0579. The van der Waals surface area contributed by atoms with Gasteiger partial charge in [0.15, 0.2) is 11.6 Å². The van der Waals surface area contributed by atoms with Gasteiger partial charge in [-0.3, -0.25) is 4.79 Å². The average Bonchev–Trinajstić information content (AvgIpc) is 2.49. The van der Waals surface area contributed by atoms with Crippen LogP contribution in [0.25, 0.3) is 0 Å². The monoisotopic (exact) mass is 356 g/mol. The van der Waals surface area contributed by atoms with Gasteiger partial charge < -0.3 is 9.47 Å². The Morgan fingerprint density at radius 3 is 2.62 bits per heavy atom. The summed E-state index contributed by atoms with van der Waals surface area (Å²) in [6, 6.07) is 7.11. The van der Waals surface area contributed by atoms with Crippen molar-refractivity contribution in [3.63, 3.8) is 0 Å². The van der Waals surface area contributed by atoms with E-state index in [2.05, 4.69) is 15.9 Å². The molecule has 0 saturated carbocycles. The maximum absolute atomic E-state index is 13.6. The maximum Gasteiger partial charge on any atom is 0.200 e. The Labute approximate surface area is 128 Å². The molecule has 0 N–H and O–H groups in total. The number of hydrogen-bond donors (Lipinski definition) is 0. The summed E-state index contributed by atoms with van der Waals surface area (Å²) in [6.07, 6.45) is 0.683. The van der Waals surface area contributed by atoms with Crippen LogP contribution in [0.1, 0.15) is 15.9 Å². The van der Waals surface area contributed by atoms with Gasteiger partial charge >= 0.3 is 0 Å². The molecule has 2 aromatic rings. The lowest BCUT2D eigenvalue weighted by molar-refractivity contribution is 0.112. The Morgan fingerprint density at radius 2 is 1.95 bits per heavy atom. The third-order valence-corrected chi connectivity index (χ3v) is 3.24. The second-order valence-electron chi connectivity index (χ2n) is 4.18. The van der Waals surface area contributed by atoms with E-state index in [0.717, 1.165) is 6.07 Å². The quantitative estimate of drug-likeness (QED) is 0.596. The zero-order valence-corrected chi connectivity index (χ0v) is 12.6. The molecule has 2 rings (SSSR count). The fraction of sp³-hybridized carbons (Fsp3) is 0.133. The lowest BCUT2D eigenvalue weighted by atomic mass is 10.1. The maximum atomic E-state index is 13.6. The molecule has 0 spiro atoms. The fourth-order valence-electron chi connectivity index (χ4n) is 1.78. The molecule has 0 aliphatic rings. The van der Waals surface area contributed by atoms with Crippen LogP contribution in [0.5, 0.6) is 11.5 Å². The summed E-state index contributed by atoms with van der Waals surface area (Å²) < 4.78 is 37.7. The first-order valence-corrected chi connectivity index (χ1v) is 6.74. The lowest BCUT2D eigenvalue weighted by Crippen LogP contribution is -2.02. The zero-order chi connectivity index (χ0) is 15.4. The predicted molar refractivity (Wildman–Crippen MR) is 76.8 cm³/mol. The smallest absolute Gasteiger partial charge is 0.200 e.